The largest absolute Gasteiger partial charge is 0.379 e. The minimum Gasteiger partial charge on any atom is -0.379 e. The SMILES string of the molecule is O=C1NC(=O)C2(CC2)C(=O)N1C1CCOC1. The standard InChI is InChI=1S/C10H12N2O4/c13-7-10(2-3-10)8(14)12(9(15)11-7)6-1-4-16-5-6/h6H,1-5H2,(H,11,13,15). The van der Waals surface area contributed by atoms with Crippen LogP contribution in [0.1, 0.15) is 19.3 Å². The van der Waals surface area contributed by atoms with Crippen LogP contribution in [0.25, 0.3) is 0 Å². The summed E-state index contributed by atoms with van der Waals surface area (Å²) >= 11 is 0. The molecule has 0 aromatic rings. The van der Waals surface area contributed by atoms with Crippen LogP contribution in [0, 0.1) is 5.41 Å². The Morgan fingerprint density at radius 2 is 2.06 bits per heavy atom. The molecule has 6 nitrogen and oxygen atoms in total. The third-order valence-electron chi connectivity index (χ3n) is 3.52. The number of carbonyl (C=O) groups excluding carboxylic acids is 3. The van der Waals surface area contributed by atoms with Crippen LogP contribution in [-0.4, -0.2) is 42.0 Å². The van der Waals surface area contributed by atoms with Crippen LogP contribution in [0.5, 0.6) is 0 Å². The molecule has 16 heavy (non-hydrogen) atoms. The van der Waals surface area contributed by atoms with Crippen molar-refractivity contribution >= 4 is 17.8 Å². The van der Waals surface area contributed by atoms with Gasteiger partial charge in [-0.25, -0.2) is 4.79 Å². The van der Waals surface area contributed by atoms with Crippen molar-refractivity contribution in [2.24, 2.45) is 5.41 Å². The van der Waals surface area contributed by atoms with Gasteiger partial charge in [0, 0.05) is 6.61 Å². The van der Waals surface area contributed by atoms with Crippen LogP contribution in [0.4, 0.5) is 4.79 Å². The maximum absolute atomic E-state index is 12.1. The van der Waals surface area contributed by atoms with Gasteiger partial charge in [-0.15, -0.1) is 0 Å². The minimum atomic E-state index is -0.934. The molecule has 0 aromatic heterocycles. The van der Waals surface area contributed by atoms with Gasteiger partial charge in [-0.1, -0.05) is 0 Å². The van der Waals surface area contributed by atoms with Gasteiger partial charge in [-0.05, 0) is 19.3 Å². The number of carbonyl (C=O) groups is 3. The Morgan fingerprint density at radius 3 is 2.62 bits per heavy atom. The molecule has 2 heterocycles. The number of barbiturate groups is 1. The predicted octanol–water partition coefficient (Wildman–Crippen LogP) is -0.366. The third kappa shape index (κ3) is 1.13. The molecule has 3 fully saturated rings. The quantitative estimate of drug-likeness (QED) is 0.617. The van der Waals surface area contributed by atoms with Crippen molar-refractivity contribution in [2.45, 2.75) is 25.3 Å². The smallest absolute Gasteiger partial charge is 0.331 e. The van der Waals surface area contributed by atoms with E-state index < -0.39 is 17.4 Å². The summed E-state index contributed by atoms with van der Waals surface area (Å²) in [6.45, 7) is 0.937. The van der Waals surface area contributed by atoms with E-state index in [1.54, 1.807) is 0 Å². The zero-order valence-electron chi connectivity index (χ0n) is 8.69. The van der Waals surface area contributed by atoms with Crippen LogP contribution in [0.2, 0.25) is 0 Å². The molecule has 1 N–H and O–H groups in total. The average molecular weight is 224 g/mol. The summed E-state index contributed by atoms with van der Waals surface area (Å²) in [5.41, 5.74) is -0.934. The molecule has 2 aliphatic heterocycles. The molecule has 0 radical (unpaired) electrons. The normalized spacial score (nSPS) is 32.1. The summed E-state index contributed by atoms with van der Waals surface area (Å²) in [6.07, 6.45) is 1.76. The van der Waals surface area contributed by atoms with E-state index in [1.807, 2.05) is 0 Å². The molecule has 1 aliphatic carbocycles. The van der Waals surface area contributed by atoms with Gasteiger partial charge in [-0.3, -0.25) is 19.8 Å². The summed E-state index contributed by atoms with van der Waals surface area (Å²) in [5.74, 6) is -0.769. The Balaban J connectivity index is 1.89. The summed E-state index contributed by atoms with van der Waals surface area (Å²) < 4.78 is 5.16. The van der Waals surface area contributed by atoms with Crippen molar-refractivity contribution in [1.29, 1.82) is 0 Å². The van der Waals surface area contributed by atoms with E-state index in [4.69, 9.17) is 4.74 Å². The highest BCUT2D eigenvalue weighted by Gasteiger charge is 2.63. The summed E-state index contributed by atoms with van der Waals surface area (Å²) in [4.78, 5) is 36.5. The molecule has 3 rings (SSSR count). The highest BCUT2D eigenvalue weighted by Crippen LogP contribution is 2.49. The van der Waals surface area contributed by atoms with Gasteiger partial charge < -0.3 is 4.74 Å². The molecule has 1 spiro atoms. The van der Waals surface area contributed by atoms with E-state index in [-0.39, 0.29) is 11.9 Å². The molecule has 86 valence electrons. The van der Waals surface area contributed by atoms with Gasteiger partial charge in [0.05, 0.1) is 12.6 Å². The highest BCUT2D eigenvalue weighted by atomic mass is 16.5. The summed E-state index contributed by atoms with van der Waals surface area (Å²) in [5, 5.41) is 2.26. The monoisotopic (exact) mass is 224 g/mol. The van der Waals surface area contributed by atoms with Gasteiger partial charge in [0.25, 0.3) is 0 Å². The number of ether oxygens (including phenoxy) is 1. The second-order valence-electron chi connectivity index (χ2n) is 4.53. The highest BCUT2D eigenvalue weighted by molar-refractivity contribution is 6.21. The lowest BCUT2D eigenvalue weighted by Crippen LogP contribution is -2.62. The number of hydrogen-bond donors (Lipinski definition) is 1. The molecule has 0 bridgehead atoms. The average Bonchev–Trinajstić information content (AvgIpc) is 2.88. The van der Waals surface area contributed by atoms with Gasteiger partial charge in [-0.2, -0.15) is 0 Å². The lowest BCUT2D eigenvalue weighted by Gasteiger charge is -2.33. The van der Waals surface area contributed by atoms with E-state index >= 15 is 0 Å². The first-order valence-electron chi connectivity index (χ1n) is 5.42. The topological polar surface area (TPSA) is 75.7 Å². The lowest BCUT2D eigenvalue weighted by molar-refractivity contribution is -0.146. The second-order valence-corrected chi connectivity index (χ2v) is 4.53. The van der Waals surface area contributed by atoms with Crippen molar-refractivity contribution in [3.63, 3.8) is 0 Å². The first-order chi connectivity index (χ1) is 7.65. The fourth-order valence-electron chi connectivity index (χ4n) is 2.32. The number of imide groups is 2. The molecule has 4 amide bonds. The van der Waals surface area contributed by atoms with Crippen LogP contribution >= 0.6 is 0 Å². The van der Waals surface area contributed by atoms with Gasteiger partial charge in [0.2, 0.25) is 11.8 Å². The summed E-state index contributed by atoms with van der Waals surface area (Å²) in [7, 11) is 0. The number of hydrogen-bond acceptors (Lipinski definition) is 4. The van der Waals surface area contributed by atoms with Crippen LogP contribution in [0.15, 0.2) is 0 Å². The number of amides is 4. The van der Waals surface area contributed by atoms with Crippen molar-refractivity contribution < 1.29 is 19.1 Å². The van der Waals surface area contributed by atoms with Crippen molar-refractivity contribution in [3.8, 4) is 0 Å². The van der Waals surface area contributed by atoms with E-state index in [0.717, 1.165) is 0 Å². The molecule has 1 saturated carbocycles. The summed E-state index contributed by atoms with van der Waals surface area (Å²) in [6, 6.07) is -0.805. The predicted molar refractivity (Wildman–Crippen MR) is 51.3 cm³/mol. The maximum Gasteiger partial charge on any atom is 0.331 e. The maximum atomic E-state index is 12.1. The zero-order chi connectivity index (χ0) is 11.3. The fourth-order valence-corrected chi connectivity index (χ4v) is 2.32. The zero-order valence-corrected chi connectivity index (χ0v) is 8.69. The molecule has 1 atom stereocenters. The Kier molecular flexibility index (Phi) is 1.85. The molecule has 0 aromatic carbocycles. The molecule has 2 saturated heterocycles. The number of rotatable bonds is 1. The van der Waals surface area contributed by atoms with Crippen LogP contribution in [0.3, 0.4) is 0 Å². The first-order valence-corrected chi connectivity index (χ1v) is 5.42. The van der Waals surface area contributed by atoms with E-state index in [1.165, 1.54) is 4.90 Å². The van der Waals surface area contributed by atoms with Crippen molar-refractivity contribution in [3.05, 3.63) is 0 Å². The van der Waals surface area contributed by atoms with Crippen LogP contribution < -0.4 is 5.32 Å². The molecule has 3 aliphatic rings. The van der Waals surface area contributed by atoms with Gasteiger partial charge in [0.15, 0.2) is 0 Å². The Hall–Kier alpha value is -1.43. The molecule has 6 heteroatoms. The van der Waals surface area contributed by atoms with E-state index in [2.05, 4.69) is 5.32 Å². The molecular weight excluding hydrogens is 212 g/mol. The molecular formula is C10H12N2O4. The Labute approximate surface area is 91.9 Å². The second kappa shape index (κ2) is 3.04. The van der Waals surface area contributed by atoms with Crippen LogP contribution in [-0.2, 0) is 14.3 Å². The number of urea groups is 1. The number of nitrogens with one attached hydrogen (secondary N) is 1. The van der Waals surface area contributed by atoms with Gasteiger partial charge in [0.1, 0.15) is 5.41 Å². The van der Waals surface area contributed by atoms with Crippen molar-refractivity contribution in [1.82, 2.24) is 10.2 Å². The first kappa shape index (κ1) is 9.77. The Morgan fingerprint density at radius 1 is 1.31 bits per heavy atom. The number of nitrogens with zero attached hydrogens (tertiary/aromatic N) is 1. The third-order valence-corrected chi connectivity index (χ3v) is 3.52. The fraction of sp³-hybridized carbons (Fsp3) is 0.700. The minimum absolute atomic E-state index is 0.210. The Bertz CT molecular complexity index is 382. The van der Waals surface area contributed by atoms with E-state index in [9.17, 15) is 14.4 Å². The lowest BCUT2D eigenvalue weighted by atomic mass is 10.0. The van der Waals surface area contributed by atoms with Crippen molar-refractivity contribution in [2.75, 3.05) is 13.2 Å². The van der Waals surface area contributed by atoms with E-state index in [0.29, 0.717) is 32.5 Å². The van der Waals surface area contributed by atoms with Gasteiger partial charge >= 0.3 is 6.03 Å². The molecule has 1 unspecified atom stereocenters.